The van der Waals surface area contributed by atoms with Crippen LogP contribution in [-0.2, 0) is 0 Å². The van der Waals surface area contributed by atoms with Crippen molar-refractivity contribution in [3.05, 3.63) is 83.6 Å². The summed E-state index contributed by atoms with van der Waals surface area (Å²) in [5.41, 5.74) is -0.510. The molecule has 0 N–H and O–H groups in total. The average Bonchev–Trinajstić information content (AvgIpc) is 3.26. The topological polar surface area (TPSA) is 0 Å². The molecule has 0 saturated carbocycles. The van der Waals surface area contributed by atoms with Gasteiger partial charge >= 0.3 is 0 Å². The first-order valence-corrected chi connectivity index (χ1v) is 8.04. The standard InChI is InChI=1S/C22H13ClS/c23-16-11-8-15(9-12-16)18-6-3-7-19-20-13-10-14-4-1-2-5-17(14)22(20)24-21(18)19/h1-13H/i1D,2D,3D,4D,5D,6D,7D,8D,9D,10D,11D,12D,13D. The first-order chi connectivity index (χ1) is 17.2. The molecule has 1 heterocycles. The Morgan fingerprint density at radius 1 is 0.667 bits per heavy atom. The Balaban J connectivity index is 2.16. The minimum atomic E-state index is -0.602. The van der Waals surface area contributed by atoms with E-state index in [1.54, 1.807) is 0 Å². The zero-order valence-electron chi connectivity index (χ0n) is 24.8. The van der Waals surface area contributed by atoms with Gasteiger partial charge in [-0.25, -0.2) is 0 Å². The third-order valence-electron chi connectivity index (χ3n) is 3.58. The van der Waals surface area contributed by atoms with E-state index in [4.69, 9.17) is 29.4 Å². The van der Waals surface area contributed by atoms with Crippen LogP contribution in [0.5, 0.6) is 0 Å². The molecule has 1 aromatic heterocycles. The third-order valence-corrected chi connectivity index (χ3v) is 5.00. The van der Waals surface area contributed by atoms with Gasteiger partial charge in [-0.3, -0.25) is 0 Å². The van der Waals surface area contributed by atoms with Crippen LogP contribution in [0.4, 0.5) is 0 Å². The molecule has 0 saturated heterocycles. The van der Waals surface area contributed by atoms with Gasteiger partial charge in [0.15, 0.2) is 0 Å². The number of fused-ring (bicyclic) bond motifs is 5. The van der Waals surface area contributed by atoms with Gasteiger partial charge in [-0.05, 0) is 34.0 Å². The van der Waals surface area contributed by atoms with Crippen molar-refractivity contribution in [2.24, 2.45) is 0 Å². The van der Waals surface area contributed by atoms with Crippen LogP contribution in [0.25, 0.3) is 42.1 Å². The summed E-state index contributed by atoms with van der Waals surface area (Å²) in [6.07, 6.45) is 0. The van der Waals surface area contributed by atoms with Crippen molar-refractivity contribution in [1.29, 1.82) is 0 Å². The second-order valence-corrected chi connectivity index (χ2v) is 6.35. The monoisotopic (exact) mass is 357 g/mol. The van der Waals surface area contributed by atoms with Crippen molar-refractivity contribution in [2.75, 3.05) is 0 Å². The molecule has 5 rings (SSSR count). The van der Waals surface area contributed by atoms with Crippen LogP contribution in [0.3, 0.4) is 0 Å². The number of halogens is 1. The van der Waals surface area contributed by atoms with Gasteiger partial charge in [-0.15, -0.1) is 11.3 Å². The zero-order chi connectivity index (χ0) is 27.4. The van der Waals surface area contributed by atoms with Crippen molar-refractivity contribution in [3.63, 3.8) is 0 Å². The lowest BCUT2D eigenvalue weighted by atomic mass is 10.0. The molecule has 24 heavy (non-hydrogen) atoms. The number of benzene rings is 4. The minimum Gasteiger partial charge on any atom is -0.134 e. The summed E-state index contributed by atoms with van der Waals surface area (Å²) in [4.78, 5) is 0. The van der Waals surface area contributed by atoms with Crippen LogP contribution in [0.15, 0.2) is 78.6 Å². The van der Waals surface area contributed by atoms with Gasteiger partial charge in [-0.1, -0.05) is 78.1 Å². The molecule has 0 unspecified atom stereocenters. The van der Waals surface area contributed by atoms with Gasteiger partial charge in [0, 0.05) is 25.2 Å². The molecule has 0 nitrogen and oxygen atoms in total. The van der Waals surface area contributed by atoms with Crippen molar-refractivity contribution in [2.45, 2.75) is 0 Å². The Hall–Kier alpha value is -2.35. The molecule has 0 spiro atoms. The molecule has 0 amide bonds. The van der Waals surface area contributed by atoms with Crippen LogP contribution >= 0.6 is 22.9 Å². The van der Waals surface area contributed by atoms with E-state index in [2.05, 4.69) is 0 Å². The van der Waals surface area contributed by atoms with Gasteiger partial charge in [0.1, 0.15) is 0 Å². The Labute approximate surface area is 167 Å². The van der Waals surface area contributed by atoms with Gasteiger partial charge < -0.3 is 0 Å². The van der Waals surface area contributed by atoms with E-state index >= 15 is 0 Å². The molecular weight excluding hydrogens is 332 g/mol. The highest BCUT2D eigenvalue weighted by molar-refractivity contribution is 7.27. The lowest BCUT2D eigenvalue weighted by Crippen LogP contribution is -1.77. The molecular formula is C22H13ClS. The smallest absolute Gasteiger partial charge is 0.0639 e. The lowest BCUT2D eigenvalue weighted by molar-refractivity contribution is 1.67. The van der Waals surface area contributed by atoms with Crippen LogP contribution in [0, 0.1) is 0 Å². The molecule has 5 aromatic rings. The normalized spacial score (nSPS) is 19.1. The second kappa shape index (κ2) is 5.34. The summed E-state index contributed by atoms with van der Waals surface area (Å²) in [5, 5.41) is -0.726. The van der Waals surface area contributed by atoms with Crippen LogP contribution < -0.4 is 0 Å². The fraction of sp³-hybridized carbons (Fsp3) is 0. The van der Waals surface area contributed by atoms with Crippen LogP contribution in [-0.4, -0.2) is 0 Å². The van der Waals surface area contributed by atoms with Crippen molar-refractivity contribution in [1.82, 2.24) is 0 Å². The van der Waals surface area contributed by atoms with Crippen molar-refractivity contribution < 1.29 is 17.8 Å². The van der Waals surface area contributed by atoms with E-state index in [1.807, 2.05) is 0 Å². The number of thiophene rings is 1. The molecule has 0 fully saturated rings. The second-order valence-electron chi connectivity index (χ2n) is 4.95. The third kappa shape index (κ3) is 2.06. The molecule has 114 valence electrons. The van der Waals surface area contributed by atoms with E-state index in [0.717, 1.165) is 11.3 Å². The Bertz CT molecular complexity index is 1850. The lowest BCUT2D eigenvalue weighted by Gasteiger charge is -2.03. The van der Waals surface area contributed by atoms with Gasteiger partial charge in [0.25, 0.3) is 0 Å². The summed E-state index contributed by atoms with van der Waals surface area (Å²) in [6, 6.07) is -6.86. The summed E-state index contributed by atoms with van der Waals surface area (Å²) >= 11 is 6.79. The number of hydrogen-bond acceptors (Lipinski definition) is 1. The summed E-state index contributed by atoms with van der Waals surface area (Å²) in [6.45, 7) is 0. The van der Waals surface area contributed by atoms with E-state index < -0.39 is 83.6 Å². The van der Waals surface area contributed by atoms with Crippen LogP contribution in [0.2, 0.25) is 5.02 Å². The fourth-order valence-electron chi connectivity index (χ4n) is 2.53. The van der Waals surface area contributed by atoms with E-state index in [1.165, 1.54) is 0 Å². The molecule has 2 heteroatoms. The van der Waals surface area contributed by atoms with E-state index in [-0.39, 0.29) is 42.1 Å². The molecule has 0 aliphatic carbocycles. The SMILES string of the molecule is [2H]c1c([2H])c(-c2c([2H])c([2H])c([2H])c3c2sc2c4c([2H])c([2H])c([2H])c([2H])c4c([2H])c([2H])c23)c([2H])c([2H])c1Cl. The predicted octanol–water partition coefficient (Wildman–Crippen LogP) is 7.53. The number of rotatable bonds is 1. The van der Waals surface area contributed by atoms with Crippen molar-refractivity contribution in [3.8, 4) is 11.1 Å². The molecule has 0 aliphatic rings. The maximum Gasteiger partial charge on any atom is 0.0639 e. The first kappa shape index (κ1) is 6.18. The summed E-state index contributed by atoms with van der Waals surface area (Å²) in [7, 11) is 0. The van der Waals surface area contributed by atoms with E-state index in [0.29, 0.717) is 0 Å². The Morgan fingerprint density at radius 3 is 2.29 bits per heavy atom. The fourth-order valence-corrected chi connectivity index (χ4v) is 3.85. The average molecular weight is 358 g/mol. The molecule has 0 atom stereocenters. The Kier molecular flexibility index (Phi) is 1.37. The summed E-state index contributed by atoms with van der Waals surface area (Å²) < 4.78 is 109. The molecule has 0 bridgehead atoms. The highest BCUT2D eigenvalue weighted by atomic mass is 35.5. The van der Waals surface area contributed by atoms with Crippen molar-refractivity contribution >= 4 is 53.9 Å². The highest BCUT2D eigenvalue weighted by Gasteiger charge is 2.12. The quantitative estimate of drug-likeness (QED) is 0.291. The Morgan fingerprint density at radius 2 is 1.42 bits per heavy atom. The van der Waals surface area contributed by atoms with Gasteiger partial charge in [0.05, 0.1) is 17.8 Å². The largest absolute Gasteiger partial charge is 0.134 e. The van der Waals surface area contributed by atoms with Gasteiger partial charge in [0.2, 0.25) is 0 Å². The van der Waals surface area contributed by atoms with Gasteiger partial charge in [-0.2, -0.15) is 0 Å². The molecule has 4 aromatic carbocycles. The molecule has 0 radical (unpaired) electrons. The minimum absolute atomic E-state index is 0.0218. The predicted molar refractivity (Wildman–Crippen MR) is 107 cm³/mol. The maximum atomic E-state index is 8.66. The zero-order valence-corrected chi connectivity index (χ0v) is 13.4. The van der Waals surface area contributed by atoms with E-state index in [9.17, 15) is 0 Å². The molecule has 0 aliphatic heterocycles. The summed E-state index contributed by atoms with van der Waals surface area (Å²) in [5.74, 6) is 0. The number of hydrogen-bond donors (Lipinski definition) is 0. The highest BCUT2D eigenvalue weighted by Crippen LogP contribution is 2.42. The first-order valence-electron chi connectivity index (χ1n) is 13.3. The van der Waals surface area contributed by atoms with Crippen LogP contribution in [0.1, 0.15) is 17.8 Å². The maximum absolute atomic E-state index is 8.66.